The van der Waals surface area contributed by atoms with Crippen molar-refractivity contribution in [3.05, 3.63) is 63.9 Å². The summed E-state index contributed by atoms with van der Waals surface area (Å²) >= 11 is 3.65. The molecule has 3 rings (SSSR count). The summed E-state index contributed by atoms with van der Waals surface area (Å²) < 4.78 is 12.2. The lowest BCUT2D eigenvalue weighted by Gasteiger charge is -2.27. The van der Waals surface area contributed by atoms with E-state index in [1.54, 1.807) is 0 Å². The van der Waals surface area contributed by atoms with E-state index in [0.717, 1.165) is 5.56 Å². The Morgan fingerprint density at radius 3 is 2.50 bits per heavy atom. The molecule has 1 aliphatic rings. The van der Waals surface area contributed by atoms with Crippen molar-refractivity contribution in [2.24, 2.45) is 0 Å². The van der Waals surface area contributed by atoms with Crippen LogP contribution < -0.4 is 0 Å². The van der Waals surface area contributed by atoms with Gasteiger partial charge in [0.1, 0.15) is 0 Å². The topological polar surface area (TPSA) is 35.5 Å². The Bertz CT molecular complexity index is 658. The molecule has 3 nitrogen and oxygen atoms in total. The monoisotopic (exact) mass is 426 g/mol. The number of carbonyl (C=O) groups excluding carboxylic acids is 1. The molecule has 1 saturated heterocycles. The van der Waals surface area contributed by atoms with Gasteiger partial charge in [0.2, 0.25) is 11.6 Å². The van der Waals surface area contributed by atoms with E-state index in [4.69, 9.17) is 9.47 Å². The normalized spacial score (nSPS) is 17.6. The number of hydrogen-bond donors (Lipinski definition) is 0. The molecule has 22 heavy (non-hydrogen) atoms. The highest BCUT2D eigenvalue weighted by Crippen LogP contribution is 2.34. The largest absolute Gasteiger partial charge is 0.343 e. The Hall–Kier alpha value is -1.02. The van der Waals surface area contributed by atoms with Crippen LogP contribution in [0.2, 0.25) is 0 Å². The van der Waals surface area contributed by atoms with Gasteiger partial charge in [-0.25, -0.2) is 0 Å². The van der Waals surface area contributed by atoms with E-state index in [2.05, 4.69) is 22.6 Å². The van der Waals surface area contributed by atoms with Crippen molar-refractivity contribution >= 4 is 45.8 Å². The molecule has 1 fully saturated rings. The summed E-state index contributed by atoms with van der Waals surface area (Å²) in [6, 6.07) is 13.5. The van der Waals surface area contributed by atoms with E-state index in [9.17, 15) is 4.79 Å². The van der Waals surface area contributed by atoms with Crippen LogP contribution in [-0.4, -0.2) is 29.2 Å². The highest BCUT2D eigenvalue weighted by Gasteiger charge is 2.43. The summed E-state index contributed by atoms with van der Waals surface area (Å²) in [4.78, 5) is 13.6. The average molecular weight is 426 g/mol. The second-order valence-corrected chi connectivity index (χ2v) is 6.57. The third-order valence-electron chi connectivity index (χ3n) is 3.44. The van der Waals surface area contributed by atoms with Gasteiger partial charge < -0.3 is 9.47 Å². The molecular formula is C17H15IO3S. The molecule has 0 N–H and O–H groups in total. The summed E-state index contributed by atoms with van der Waals surface area (Å²) in [5, 5.41) is 1.90. The molecule has 0 amide bonds. The van der Waals surface area contributed by atoms with Gasteiger partial charge in [-0.1, -0.05) is 59.0 Å². The molecule has 0 spiro atoms. The first-order valence-electron chi connectivity index (χ1n) is 6.94. The predicted octanol–water partition coefficient (Wildman–Crippen LogP) is 4.19. The lowest BCUT2D eigenvalue weighted by molar-refractivity contribution is -0.0997. The lowest BCUT2D eigenvalue weighted by atomic mass is 9.98. The predicted molar refractivity (Wildman–Crippen MR) is 96.6 cm³/mol. The van der Waals surface area contributed by atoms with Crippen molar-refractivity contribution in [2.75, 3.05) is 17.6 Å². The Morgan fingerprint density at radius 1 is 1.18 bits per heavy atom. The quantitative estimate of drug-likeness (QED) is 0.311. The van der Waals surface area contributed by atoms with E-state index >= 15 is 0 Å². The fourth-order valence-electron chi connectivity index (χ4n) is 2.36. The van der Waals surface area contributed by atoms with Gasteiger partial charge in [0.15, 0.2) is 0 Å². The van der Waals surface area contributed by atoms with Gasteiger partial charge in [0.25, 0.3) is 0 Å². The number of thiophene rings is 1. The minimum atomic E-state index is -0.947. The molecular weight excluding hydrogens is 411 g/mol. The Kier molecular flexibility index (Phi) is 5.07. The number of rotatable bonds is 5. The minimum absolute atomic E-state index is 0.0302. The molecule has 0 radical (unpaired) electrons. The molecule has 0 saturated carbocycles. The number of halogens is 1. The summed E-state index contributed by atoms with van der Waals surface area (Å²) in [5.74, 6) is -0.977. The zero-order valence-electron chi connectivity index (χ0n) is 11.8. The summed E-state index contributed by atoms with van der Waals surface area (Å²) in [5.41, 5.74) is 1.53. The number of carbonyl (C=O) groups is 1. The molecule has 1 aliphatic heterocycles. The molecule has 0 unspecified atom stereocenters. The first-order valence-corrected chi connectivity index (χ1v) is 9.35. The van der Waals surface area contributed by atoms with E-state index in [1.165, 1.54) is 11.3 Å². The van der Waals surface area contributed by atoms with Crippen molar-refractivity contribution < 1.29 is 14.3 Å². The molecule has 1 aromatic heterocycles. The molecule has 5 heteroatoms. The lowest BCUT2D eigenvalue weighted by Crippen LogP contribution is -2.38. The summed E-state index contributed by atoms with van der Waals surface area (Å²) in [6.45, 7) is 1.01. The molecule has 2 aromatic rings. The SMILES string of the molecule is O=C(/C(=C\c1ccccc1)C1(CI)OCCO1)c1cccs1. The third kappa shape index (κ3) is 3.17. The van der Waals surface area contributed by atoms with Crippen LogP contribution in [0.5, 0.6) is 0 Å². The van der Waals surface area contributed by atoms with Crippen molar-refractivity contribution in [3.8, 4) is 0 Å². The number of Topliss-reactive ketones (excluding diaryl/α,β-unsaturated/α-hetero) is 1. The molecule has 0 aliphatic carbocycles. The second kappa shape index (κ2) is 7.04. The summed E-state index contributed by atoms with van der Waals surface area (Å²) in [6.07, 6.45) is 1.88. The number of ketones is 1. The Morgan fingerprint density at radius 2 is 1.91 bits per heavy atom. The van der Waals surface area contributed by atoms with Gasteiger partial charge in [-0.3, -0.25) is 4.79 Å². The second-order valence-electron chi connectivity index (χ2n) is 4.86. The fourth-order valence-corrected chi connectivity index (χ4v) is 3.89. The van der Waals surface area contributed by atoms with Crippen LogP contribution in [0.4, 0.5) is 0 Å². The average Bonchev–Trinajstić information content (AvgIpc) is 3.25. The maximum absolute atomic E-state index is 12.9. The number of hydrogen-bond acceptors (Lipinski definition) is 4. The Labute approximate surface area is 147 Å². The highest BCUT2D eigenvalue weighted by molar-refractivity contribution is 14.1. The zero-order chi connectivity index (χ0) is 15.4. The van der Waals surface area contributed by atoms with Crippen LogP contribution in [0.25, 0.3) is 6.08 Å². The maximum Gasteiger partial charge on any atom is 0.208 e. The third-order valence-corrected chi connectivity index (χ3v) is 5.31. The Balaban J connectivity index is 2.06. The van der Waals surface area contributed by atoms with Crippen LogP contribution >= 0.6 is 33.9 Å². The molecule has 1 aromatic carbocycles. The first kappa shape index (κ1) is 15.9. The van der Waals surface area contributed by atoms with Crippen LogP contribution in [0.1, 0.15) is 15.2 Å². The molecule has 0 bridgehead atoms. The van der Waals surface area contributed by atoms with Crippen molar-refractivity contribution in [1.29, 1.82) is 0 Å². The van der Waals surface area contributed by atoms with Crippen LogP contribution in [0, 0.1) is 0 Å². The standard InChI is InChI=1S/C17H15IO3S/c18-12-17(20-8-9-21-17)14(11-13-5-2-1-3-6-13)16(19)15-7-4-10-22-15/h1-7,10-11H,8-9,12H2/b14-11+. The molecule has 114 valence electrons. The van der Waals surface area contributed by atoms with Crippen molar-refractivity contribution in [1.82, 2.24) is 0 Å². The van der Waals surface area contributed by atoms with Crippen LogP contribution in [0.15, 0.2) is 53.4 Å². The van der Waals surface area contributed by atoms with Crippen LogP contribution in [-0.2, 0) is 9.47 Å². The fraction of sp³-hybridized carbons (Fsp3) is 0.235. The van der Waals surface area contributed by atoms with Crippen molar-refractivity contribution in [3.63, 3.8) is 0 Å². The molecule has 0 atom stereocenters. The maximum atomic E-state index is 12.9. The highest BCUT2D eigenvalue weighted by atomic mass is 127. The summed E-state index contributed by atoms with van der Waals surface area (Å²) in [7, 11) is 0. The van der Waals surface area contributed by atoms with Gasteiger partial charge in [-0.05, 0) is 23.1 Å². The van der Waals surface area contributed by atoms with Gasteiger partial charge in [-0.15, -0.1) is 11.3 Å². The zero-order valence-corrected chi connectivity index (χ0v) is 14.8. The van der Waals surface area contributed by atoms with Gasteiger partial charge in [0, 0.05) is 0 Å². The minimum Gasteiger partial charge on any atom is -0.343 e. The van der Waals surface area contributed by atoms with E-state index in [0.29, 0.717) is 28.1 Å². The van der Waals surface area contributed by atoms with Gasteiger partial charge >= 0.3 is 0 Å². The molecule has 2 heterocycles. The van der Waals surface area contributed by atoms with E-state index in [1.807, 2.05) is 53.9 Å². The first-order chi connectivity index (χ1) is 10.7. The van der Waals surface area contributed by atoms with E-state index in [-0.39, 0.29) is 5.78 Å². The van der Waals surface area contributed by atoms with Gasteiger partial charge in [0.05, 0.1) is 28.1 Å². The van der Waals surface area contributed by atoms with E-state index < -0.39 is 5.79 Å². The van der Waals surface area contributed by atoms with Gasteiger partial charge in [-0.2, -0.15) is 0 Å². The van der Waals surface area contributed by atoms with Crippen LogP contribution in [0.3, 0.4) is 0 Å². The number of ether oxygens (including phenoxy) is 2. The number of alkyl halides is 1. The smallest absolute Gasteiger partial charge is 0.208 e. The number of benzene rings is 1. The van der Waals surface area contributed by atoms with Crippen molar-refractivity contribution in [2.45, 2.75) is 5.79 Å².